The lowest BCUT2D eigenvalue weighted by Crippen LogP contribution is -2.26. The zero-order chi connectivity index (χ0) is 19.3. The molecule has 0 atom stereocenters. The number of amides is 1. The van der Waals surface area contributed by atoms with Crippen molar-refractivity contribution < 1.29 is 9.53 Å². The third-order valence-corrected chi connectivity index (χ3v) is 4.84. The first kappa shape index (κ1) is 18.0. The molecule has 28 heavy (non-hydrogen) atoms. The molecular weight excluding hydrogens is 354 g/mol. The summed E-state index contributed by atoms with van der Waals surface area (Å²) in [5.41, 5.74) is 1.97. The summed E-state index contributed by atoms with van der Waals surface area (Å²) in [6.07, 6.45) is 5.93. The zero-order valence-corrected chi connectivity index (χ0v) is 15.8. The number of hydrogen-bond donors (Lipinski definition) is 1. The van der Waals surface area contributed by atoms with E-state index in [1.807, 2.05) is 53.2 Å². The lowest BCUT2D eigenvalue weighted by molar-refractivity contribution is -0.121. The van der Waals surface area contributed by atoms with Crippen LogP contribution in [0.25, 0.3) is 16.6 Å². The average molecular weight is 377 g/mol. The number of nitrogens with one attached hydrogen (secondary N) is 1. The lowest BCUT2D eigenvalue weighted by Gasteiger charge is -2.08. The monoisotopic (exact) mass is 377 g/mol. The van der Waals surface area contributed by atoms with Crippen LogP contribution < -0.4 is 10.1 Å². The quantitative estimate of drug-likeness (QED) is 0.512. The molecule has 3 aromatic heterocycles. The van der Waals surface area contributed by atoms with Gasteiger partial charge in [-0.2, -0.15) is 0 Å². The topological polar surface area (TPSA) is 73.4 Å². The number of fused-ring (bicyclic) bond motifs is 2. The van der Waals surface area contributed by atoms with Gasteiger partial charge in [0.15, 0.2) is 5.65 Å². The average Bonchev–Trinajstić information content (AvgIpc) is 3.32. The molecule has 0 aliphatic rings. The third-order valence-electron chi connectivity index (χ3n) is 4.84. The zero-order valence-electron chi connectivity index (χ0n) is 15.8. The van der Waals surface area contributed by atoms with E-state index >= 15 is 0 Å². The predicted molar refractivity (Wildman–Crippen MR) is 107 cm³/mol. The smallest absolute Gasteiger partial charge is 0.220 e. The van der Waals surface area contributed by atoms with E-state index in [9.17, 15) is 4.79 Å². The fourth-order valence-electron chi connectivity index (χ4n) is 3.37. The molecule has 7 heteroatoms. The van der Waals surface area contributed by atoms with Gasteiger partial charge in [-0.05, 0) is 42.8 Å². The van der Waals surface area contributed by atoms with E-state index in [0.29, 0.717) is 13.0 Å². The van der Waals surface area contributed by atoms with Gasteiger partial charge in [0.1, 0.15) is 11.6 Å². The highest BCUT2D eigenvalue weighted by Gasteiger charge is 2.07. The second-order valence-electron chi connectivity index (χ2n) is 6.68. The van der Waals surface area contributed by atoms with Gasteiger partial charge >= 0.3 is 0 Å². The SMILES string of the molecule is COc1ccc2c(ccn2CCNC(=O)CCCc2nnc3ccccn23)c1. The van der Waals surface area contributed by atoms with Crippen molar-refractivity contribution in [3.8, 4) is 5.75 Å². The van der Waals surface area contributed by atoms with Crippen LogP contribution in [0.15, 0.2) is 54.9 Å². The maximum absolute atomic E-state index is 12.1. The van der Waals surface area contributed by atoms with Crippen molar-refractivity contribution in [3.05, 3.63) is 60.7 Å². The predicted octanol–water partition coefficient (Wildman–Crippen LogP) is 2.83. The highest BCUT2D eigenvalue weighted by molar-refractivity contribution is 5.81. The van der Waals surface area contributed by atoms with E-state index in [0.717, 1.165) is 47.5 Å². The molecule has 0 unspecified atom stereocenters. The molecule has 1 N–H and O–H groups in total. The standard InChI is InChI=1S/C21H23N5O2/c1-28-17-8-9-18-16(15-17)10-13-25(18)14-11-22-21(27)7-4-6-20-24-23-19-5-2-3-12-26(19)20/h2-3,5,8-10,12-13,15H,4,6-7,11,14H2,1H3,(H,22,27). The third kappa shape index (κ3) is 3.83. The molecule has 1 aromatic carbocycles. The van der Waals surface area contributed by atoms with Gasteiger partial charge < -0.3 is 14.6 Å². The first-order valence-electron chi connectivity index (χ1n) is 9.43. The first-order valence-corrected chi connectivity index (χ1v) is 9.43. The Bertz CT molecular complexity index is 1100. The van der Waals surface area contributed by atoms with Gasteiger partial charge in [-0.1, -0.05) is 6.07 Å². The second-order valence-corrected chi connectivity index (χ2v) is 6.68. The van der Waals surface area contributed by atoms with E-state index in [1.165, 1.54) is 0 Å². The Hall–Kier alpha value is -3.35. The lowest BCUT2D eigenvalue weighted by atomic mass is 10.2. The normalized spacial score (nSPS) is 11.2. The van der Waals surface area contributed by atoms with Crippen LogP contribution in [0, 0.1) is 0 Å². The molecule has 3 heterocycles. The Morgan fingerprint density at radius 2 is 2.07 bits per heavy atom. The highest BCUT2D eigenvalue weighted by Crippen LogP contribution is 2.21. The minimum absolute atomic E-state index is 0.0620. The van der Waals surface area contributed by atoms with Crippen LogP contribution in [-0.2, 0) is 17.8 Å². The van der Waals surface area contributed by atoms with Crippen molar-refractivity contribution in [3.63, 3.8) is 0 Å². The molecule has 7 nitrogen and oxygen atoms in total. The molecule has 1 amide bonds. The molecule has 4 aromatic rings. The summed E-state index contributed by atoms with van der Waals surface area (Å²) in [5.74, 6) is 1.79. The molecular formula is C21H23N5O2. The van der Waals surface area contributed by atoms with Crippen molar-refractivity contribution in [1.29, 1.82) is 0 Å². The van der Waals surface area contributed by atoms with Crippen LogP contribution in [0.1, 0.15) is 18.7 Å². The number of benzene rings is 1. The fourth-order valence-corrected chi connectivity index (χ4v) is 3.37. The number of ether oxygens (including phenoxy) is 1. The maximum Gasteiger partial charge on any atom is 0.220 e. The maximum atomic E-state index is 12.1. The summed E-state index contributed by atoms with van der Waals surface area (Å²) < 4.78 is 9.35. The van der Waals surface area contributed by atoms with Crippen LogP contribution in [0.2, 0.25) is 0 Å². The van der Waals surface area contributed by atoms with Gasteiger partial charge in [0, 0.05) is 49.2 Å². The van der Waals surface area contributed by atoms with Crippen LogP contribution in [0.4, 0.5) is 0 Å². The molecule has 0 radical (unpaired) electrons. The molecule has 0 bridgehead atoms. The number of rotatable bonds is 8. The van der Waals surface area contributed by atoms with Crippen LogP contribution in [0.5, 0.6) is 5.75 Å². The summed E-state index contributed by atoms with van der Waals surface area (Å²) in [7, 11) is 1.67. The molecule has 0 spiro atoms. The van der Waals surface area contributed by atoms with Crippen molar-refractivity contribution in [2.75, 3.05) is 13.7 Å². The number of pyridine rings is 1. The van der Waals surface area contributed by atoms with E-state index < -0.39 is 0 Å². The Kier molecular flexibility index (Phi) is 5.23. The molecule has 0 saturated carbocycles. The summed E-state index contributed by atoms with van der Waals surface area (Å²) in [6.45, 7) is 1.33. The fraction of sp³-hybridized carbons (Fsp3) is 0.286. The highest BCUT2D eigenvalue weighted by atomic mass is 16.5. The molecule has 4 rings (SSSR count). The summed E-state index contributed by atoms with van der Waals surface area (Å²) in [4.78, 5) is 12.1. The molecule has 0 fully saturated rings. The van der Waals surface area contributed by atoms with Gasteiger partial charge in [-0.25, -0.2) is 0 Å². The largest absolute Gasteiger partial charge is 0.497 e. The van der Waals surface area contributed by atoms with Gasteiger partial charge in [-0.15, -0.1) is 10.2 Å². The van der Waals surface area contributed by atoms with Gasteiger partial charge in [0.2, 0.25) is 5.91 Å². The van der Waals surface area contributed by atoms with E-state index in [1.54, 1.807) is 7.11 Å². The number of methoxy groups -OCH3 is 1. The van der Waals surface area contributed by atoms with Gasteiger partial charge in [-0.3, -0.25) is 9.20 Å². The number of nitrogens with zero attached hydrogens (tertiary/aromatic N) is 4. The summed E-state index contributed by atoms with van der Waals surface area (Å²) in [5, 5.41) is 12.5. The Balaban J connectivity index is 1.24. The number of aromatic nitrogens is 4. The number of carbonyl (C=O) groups is 1. The minimum Gasteiger partial charge on any atom is -0.497 e. The van der Waals surface area contributed by atoms with Crippen molar-refractivity contribution in [1.82, 2.24) is 24.5 Å². The molecule has 0 saturated heterocycles. The van der Waals surface area contributed by atoms with Crippen LogP contribution >= 0.6 is 0 Å². The minimum atomic E-state index is 0.0620. The summed E-state index contributed by atoms with van der Waals surface area (Å²) >= 11 is 0. The number of hydrogen-bond acceptors (Lipinski definition) is 4. The number of carbonyl (C=O) groups excluding carboxylic acids is 1. The molecule has 0 aliphatic heterocycles. The molecule has 0 aliphatic carbocycles. The van der Waals surface area contributed by atoms with Crippen LogP contribution in [-0.4, -0.2) is 38.7 Å². The van der Waals surface area contributed by atoms with Crippen LogP contribution in [0.3, 0.4) is 0 Å². The van der Waals surface area contributed by atoms with E-state index in [2.05, 4.69) is 26.1 Å². The van der Waals surface area contributed by atoms with E-state index in [4.69, 9.17) is 4.74 Å². The number of aryl methyl sites for hydroxylation is 1. The second kappa shape index (κ2) is 8.12. The van der Waals surface area contributed by atoms with E-state index in [-0.39, 0.29) is 5.91 Å². The Morgan fingerprint density at radius 3 is 2.96 bits per heavy atom. The van der Waals surface area contributed by atoms with Crippen molar-refractivity contribution in [2.45, 2.75) is 25.8 Å². The molecule has 144 valence electrons. The Labute approximate surface area is 162 Å². The van der Waals surface area contributed by atoms with Gasteiger partial charge in [0.05, 0.1) is 7.11 Å². The van der Waals surface area contributed by atoms with Crippen molar-refractivity contribution in [2.24, 2.45) is 0 Å². The van der Waals surface area contributed by atoms with Gasteiger partial charge in [0.25, 0.3) is 0 Å². The summed E-state index contributed by atoms with van der Waals surface area (Å²) in [6, 6.07) is 13.9. The Morgan fingerprint density at radius 1 is 1.14 bits per heavy atom. The van der Waals surface area contributed by atoms with Crippen molar-refractivity contribution >= 4 is 22.5 Å². The first-order chi connectivity index (χ1) is 13.7.